The molecule has 1 saturated carbocycles. The minimum Gasteiger partial charge on any atom is -0.103 e. The summed E-state index contributed by atoms with van der Waals surface area (Å²) in [7, 11) is 0. The number of hydrogen-bond acceptors (Lipinski definition) is 0. The summed E-state index contributed by atoms with van der Waals surface area (Å²) in [6, 6.07) is 10.8. The van der Waals surface area contributed by atoms with Gasteiger partial charge in [-0.3, -0.25) is 0 Å². The minimum atomic E-state index is 0.706. The molecule has 0 amide bonds. The Bertz CT molecular complexity index is 310. The lowest BCUT2D eigenvalue weighted by atomic mass is 10.0. The number of rotatable bonds is 3. The minimum absolute atomic E-state index is 0.706. The van der Waals surface area contributed by atoms with Crippen molar-refractivity contribution >= 4 is 0 Å². The molecule has 1 aromatic carbocycles. The molecule has 0 bridgehead atoms. The molecule has 0 heterocycles. The molecule has 0 nitrogen and oxygen atoms in total. The van der Waals surface area contributed by atoms with Crippen molar-refractivity contribution in [3.63, 3.8) is 0 Å². The maximum absolute atomic E-state index is 3.93. The van der Waals surface area contributed by atoms with Crippen LogP contribution in [0.3, 0.4) is 0 Å². The van der Waals surface area contributed by atoms with Crippen LogP contribution in [0.25, 0.3) is 0 Å². The molecule has 2 rings (SSSR count). The molecule has 3 unspecified atom stereocenters. The van der Waals surface area contributed by atoms with Crippen LogP contribution in [0.1, 0.15) is 25.3 Å². The van der Waals surface area contributed by atoms with E-state index in [1.54, 1.807) is 0 Å². The zero-order valence-electron chi connectivity index (χ0n) is 8.98. The van der Waals surface area contributed by atoms with Crippen molar-refractivity contribution in [1.29, 1.82) is 0 Å². The molecular weight excluding hydrogens is 168 g/mol. The fraction of sp³-hybridized carbons (Fsp3) is 0.429. The van der Waals surface area contributed by atoms with Gasteiger partial charge in [0.2, 0.25) is 0 Å². The van der Waals surface area contributed by atoms with Crippen molar-refractivity contribution in [1.82, 2.24) is 0 Å². The van der Waals surface area contributed by atoms with Crippen LogP contribution >= 0.6 is 0 Å². The Balaban J connectivity index is 2.18. The first-order valence-corrected chi connectivity index (χ1v) is 5.43. The Kier molecular flexibility index (Phi) is 2.45. The van der Waals surface area contributed by atoms with Crippen LogP contribution in [0.4, 0.5) is 0 Å². The van der Waals surface area contributed by atoms with Crippen LogP contribution in [0, 0.1) is 17.8 Å². The Hall–Kier alpha value is -1.04. The van der Waals surface area contributed by atoms with Gasteiger partial charge in [0.1, 0.15) is 0 Å². The maximum atomic E-state index is 3.93. The normalized spacial score (nSPS) is 30.4. The lowest BCUT2D eigenvalue weighted by molar-refractivity contribution is 0.533. The highest BCUT2D eigenvalue weighted by Gasteiger charge is 2.49. The first kappa shape index (κ1) is 9.51. The maximum Gasteiger partial charge on any atom is -0.00595 e. The smallest absolute Gasteiger partial charge is 0.00595 e. The van der Waals surface area contributed by atoms with Gasteiger partial charge in [0.05, 0.1) is 0 Å². The summed E-state index contributed by atoms with van der Waals surface area (Å²) in [6.45, 7) is 8.55. The van der Waals surface area contributed by atoms with E-state index in [2.05, 4.69) is 56.8 Å². The molecule has 0 heteroatoms. The molecule has 74 valence electrons. The Morgan fingerprint density at radius 3 is 2.29 bits per heavy atom. The molecule has 1 fully saturated rings. The summed E-state index contributed by atoms with van der Waals surface area (Å²) in [6.07, 6.45) is 2.13. The predicted molar refractivity (Wildman–Crippen MR) is 61.2 cm³/mol. The van der Waals surface area contributed by atoms with E-state index in [1.165, 1.54) is 5.56 Å². The van der Waals surface area contributed by atoms with Gasteiger partial charge in [-0.1, -0.05) is 50.3 Å². The third-order valence-corrected chi connectivity index (χ3v) is 3.36. The highest BCUT2D eigenvalue weighted by Crippen LogP contribution is 2.58. The average molecular weight is 186 g/mol. The van der Waals surface area contributed by atoms with E-state index in [0.29, 0.717) is 5.92 Å². The highest BCUT2D eigenvalue weighted by atomic mass is 14.5. The third kappa shape index (κ3) is 1.50. The van der Waals surface area contributed by atoms with Crippen LogP contribution in [-0.4, -0.2) is 0 Å². The summed E-state index contributed by atoms with van der Waals surface area (Å²) >= 11 is 0. The lowest BCUT2D eigenvalue weighted by Crippen LogP contribution is -1.92. The molecule has 0 saturated heterocycles. The van der Waals surface area contributed by atoms with Crippen LogP contribution in [0.15, 0.2) is 43.0 Å². The van der Waals surface area contributed by atoms with Gasteiger partial charge in [-0.25, -0.2) is 0 Å². The Labute approximate surface area is 86.7 Å². The second-order valence-corrected chi connectivity index (χ2v) is 4.57. The van der Waals surface area contributed by atoms with Gasteiger partial charge in [-0.2, -0.15) is 0 Å². The zero-order chi connectivity index (χ0) is 10.1. The molecule has 0 spiro atoms. The standard InChI is InChI=1S/C14H18/c1-4-12-13(10(2)3)14(12)11-8-6-5-7-9-11/h4-10,12-14H,1H2,2-3H3. The average Bonchev–Trinajstić information content (AvgIpc) is 2.93. The first-order valence-electron chi connectivity index (χ1n) is 5.43. The van der Waals surface area contributed by atoms with Gasteiger partial charge >= 0.3 is 0 Å². The summed E-state index contributed by atoms with van der Waals surface area (Å²) in [4.78, 5) is 0. The summed E-state index contributed by atoms with van der Waals surface area (Å²) < 4.78 is 0. The van der Waals surface area contributed by atoms with E-state index in [0.717, 1.165) is 17.8 Å². The van der Waals surface area contributed by atoms with Gasteiger partial charge in [0, 0.05) is 0 Å². The fourth-order valence-corrected chi connectivity index (χ4v) is 2.64. The van der Waals surface area contributed by atoms with Crippen LogP contribution in [0.5, 0.6) is 0 Å². The fourth-order valence-electron chi connectivity index (χ4n) is 2.64. The van der Waals surface area contributed by atoms with E-state index in [-0.39, 0.29) is 0 Å². The Morgan fingerprint density at radius 1 is 1.21 bits per heavy atom. The van der Waals surface area contributed by atoms with Gasteiger partial charge in [0.15, 0.2) is 0 Å². The largest absolute Gasteiger partial charge is 0.103 e. The molecule has 0 aromatic heterocycles. The van der Waals surface area contributed by atoms with Crippen LogP contribution in [0.2, 0.25) is 0 Å². The number of benzene rings is 1. The molecule has 1 aliphatic carbocycles. The van der Waals surface area contributed by atoms with E-state index in [1.807, 2.05) is 0 Å². The summed E-state index contributed by atoms with van der Waals surface area (Å²) in [5.74, 6) is 3.02. The number of hydrogen-bond donors (Lipinski definition) is 0. The van der Waals surface area contributed by atoms with E-state index >= 15 is 0 Å². The molecule has 1 aliphatic rings. The van der Waals surface area contributed by atoms with E-state index in [9.17, 15) is 0 Å². The van der Waals surface area contributed by atoms with E-state index < -0.39 is 0 Å². The van der Waals surface area contributed by atoms with Gasteiger partial charge in [-0.05, 0) is 29.2 Å². The summed E-state index contributed by atoms with van der Waals surface area (Å²) in [5.41, 5.74) is 1.48. The molecule has 0 radical (unpaired) electrons. The van der Waals surface area contributed by atoms with Crippen LogP contribution in [-0.2, 0) is 0 Å². The number of allylic oxidation sites excluding steroid dienone is 1. The van der Waals surface area contributed by atoms with Gasteiger partial charge < -0.3 is 0 Å². The SMILES string of the molecule is C=CC1C(c2ccccc2)C1C(C)C. The Morgan fingerprint density at radius 2 is 1.86 bits per heavy atom. The van der Waals surface area contributed by atoms with Crippen molar-refractivity contribution < 1.29 is 0 Å². The quantitative estimate of drug-likeness (QED) is 0.629. The molecule has 3 atom stereocenters. The zero-order valence-corrected chi connectivity index (χ0v) is 8.98. The van der Waals surface area contributed by atoms with Crippen molar-refractivity contribution in [2.24, 2.45) is 17.8 Å². The van der Waals surface area contributed by atoms with Gasteiger partial charge in [-0.15, -0.1) is 6.58 Å². The molecule has 1 aromatic rings. The predicted octanol–water partition coefficient (Wildman–Crippen LogP) is 3.86. The van der Waals surface area contributed by atoms with Gasteiger partial charge in [0.25, 0.3) is 0 Å². The second-order valence-electron chi connectivity index (χ2n) is 4.57. The third-order valence-electron chi connectivity index (χ3n) is 3.36. The van der Waals surface area contributed by atoms with Crippen molar-refractivity contribution in [2.75, 3.05) is 0 Å². The monoisotopic (exact) mass is 186 g/mol. The highest BCUT2D eigenvalue weighted by molar-refractivity contribution is 5.31. The molecule has 0 N–H and O–H groups in total. The van der Waals surface area contributed by atoms with Crippen LogP contribution < -0.4 is 0 Å². The molecular formula is C14H18. The van der Waals surface area contributed by atoms with E-state index in [4.69, 9.17) is 0 Å². The topological polar surface area (TPSA) is 0 Å². The molecule has 0 aliphatic heterocycles. The van der Waals surface area contributed by atoms with Crippen molar-refractivity contribution in [3.05, 3.63) is 48.6 Å². The molecule has 14 heavy (non-hydrogen) atoms. The summed E-state index contributed by atoms with van der Waals surface area (Å²) in [5, 5.41) is 0. The first-order chi connectivity index (χ1) is 6.75. The second kappa shape index (κ2) is 3.61. The lowest BCUT2D eigenvalue weighted by Gasteiger charge is -2.02. The van der Waals surface area contributed by atoms with Crippen molar-refractivity contribution in [3.8, 4) is 0 Å². The van der Waals surface area contributed by atoms with Crippen molar-refractivity contribution in [2.45, 2.75) is 19.8 Å².